The Balaban J connectivity index is 2.20. The van der Waals surface area contributed by atoms with Crippen molar-refractivity contribution in [3.8, 4) is 0 Å². The monoisotopic (exact) mass is 459 g/mol. The van der Waals surface area contributed by atoms with Gasteiger partial charge in [-0.2, -0.15) is 0 Å². The minimum Gasteiger partial charge on any atom is -0.391 e. The molecular formula is C18H22BrNO4S2. The molecule has 2 aromatic rings. The molecule has 5 nitrogen and oxygen atoms in total. The van der Waals surface area contributed by atoms with Crippen LogP contribution in [0.1, 0.15) is 11.1 Å². The van der Waals surface area contributed by atoms with E-state index in [-0.39, 0.29) is 16.0 Å². The summed E-state index contributed by atoms with van der Waals surface area (Å²) in [7, 11) is -5.28. The van der Waals surface area contributed by atoms with E-state index in [1.807, 2.05) is 26.0 Å². The van der Waals surface area contributed by atoms with Crippen LogP contribution < -0.4 is 4.72 Å². The lowest BCUT2D eigenvalue weighted by atomic mass is 10.2. The van der Waals surface area contributed by atoms with Crippen LogP contribution in [0.2, 0.25) is 0 Å². The number of alkyl halides is 1. The van der Waals surface area contributed by atoms with E-state index in [2.05, 4.69) is 20.7 Å². The van der Waals surface area contributed by atoms with Gasteiger partial charge in [-0.05, 0) is 38.1 Å². The summed E-state index contributed by atoms with van der Waals surface area (Å²) in [6, 6.07) is 12.7. The van der Waals surface area contributed by atoms with E-state index in [1.54, 1.807) is 24.3 Å². The maximum Gasteiger partial charge on any atom is 0.240 e. The number of aliphatic hydroxyl groups is 1. The van der Waals surface area contributed by atoms with Crippen LogP contribution in [0.5, 0.6) is 0 Å². The molecule has 0 spiro atoms. The Labute approximate surface area is 165 Å². The fraction of sp³-hybridized carbons (Fsp3) is 0.333. The second-order valence-corrected chi connectivity index (χ2v) is 9.94. The number of nitrogens with one attached hydrogen (secondary N) is 1. The fourth-order valence-electron chi connectivity index (χ4n) is 2.27. The van der Waals surface area contributed by atoms with Crippen molar-refractivity contribution in [1.82, 2.24) is 4.72 Å². The predicted octanol–water partition coefficient (Wildman–Crippen LogP) is 2.51. The molecule has 0 unspecified atom stereocenters. The lowest BCUT2D eigenvalue weighted by Gasteiger charge is -2.22. The van der Waals surface area contributed by atoms with Crippen molar-refractivity contribution < 1.29 is 17.7 Å². The van der Waals surface area contributed by atoms with Crippen LogP contribution >= 0.6 is 15.9 Å². The largest absolute Gasteiger partial charge is 0.391 e. The number of benzene rings is 2. The normalized spacial score (nSPS) is 15.4. The standard InChI is InChI=1S/C18H22BrNO4S2/c1-13-3-7-15(8-4-13)25(22)12-17(18(21)11-19)20-26(23,24)16-9-5-14(2)6-10-16/h3-10,17-18,20-21H,11-12H2,1-2H3/t17-,18-,25-/m0/s1. The molecule has 2 N–H and O–H groups in total. The Kier molecular flexibility index (Phi) is 7.54. The van der Waals surface area contributed by atoms with E-state index in [1.165, 1.54) is 12.1 Å². The van der Waals surface area contributed by atoms with E-state index in [4.69, 9.17) is 0 Å². The van der Waals surface area contributed by atoms with Crippen molar-refractivity contribution in [1.29, 1.82) is 0 Å². The average molecular weight is 460 g/mol. The Morgan fingerprint density at radius 3 is 2.04 bits per heavy atom. The molecule has 0 bridgehead atoms. The number of halogens is 1. The fourth-order valence-corrected chi connectivity index (χ4v) is 5.36. The minimum atomic E-state index is -3.83. The SMILES string of the molecule is Cc1ccc([S@@](=O)C[C@H](NS(=O)(=O)c2ccc(C)cc2)[C@@H](O)CBr)cc1. The second kappa shape index (κ2) is 9.23. The molecule has 26 heavy (non-hydrogen) atoms. The molecule has 0 saturated carbocycles. The zero-order valence-electron chi connectivity index (χ0n) is 14.6. The summed E-state index contributed by atoms with van der Waals surface area (Å²) in [6.45, 7) is 3.80. The topological polar surface area (TPSA) is 83.5 Å². The van der Waals surface area contributed by atoms with Crippen molar-refractivity contribution in [2.24, 2.45) is 0 Å². The molecule has 0 amide bonds. The van der Waals surface area contributed by atoms with Gasteiger partial charge in [0.25, 0.3) is 0 Å². The van der Waals surface area contributed by atoms with Crippen molar-refractivity contribution in [2.45, 2.75) is 35.8 Å². The summed E-state index contributed by atoms with van der Waals surface area (Å²) in [5.74, 6) is -0.0269. The molecule has 3 atom stereocenters. The van der Waals surface area contributed by atoms with Gasteiger partial charge in [-0.25, -0.2) is 13.1 Å². The van der Waals surface area contributed by atoms with Crippen molar-refractivity contribution >= 4 is 36.8 Å². The molecule has 142 valence electrons. The van der Waals surface area contributed by atoms with Gasteiger partial charge in [0, 0.05) is 16.0 Å². The zero-order chi connectivity index (χ0) is 19.3. The molecule has 2 rings (SSSR count). The number of hydrogen-bond acceptors (Lipinski definition) is 4. The van der Waals surface area contributed by atoms with E-state index in [9.17, 15) is 17.7 Å². The van der Waals surface area contributed by atoms with Gasteiger partial charge in [0.2, 0.25) is 10.0 Å². The van der Waals surface area contributed by atoms with Gasteiger partial charge in [-0.3, -0.25) is 4.21 Å². The number of sulfonamides is 1. The summed E-state index contributed by atoms with van der Waals surface area (Å²) in [6.07, 6.45) is -1.01. The quantitative estimate of drug-likeness (QED) is 0.593. The Morgan fingerprint density at radius 2 is 1.54 bits per heavy atom. The molecule has 0 aliphatic heterocycles. The van der Waals surface area contributed by atoms with Crippen molar-refractivity contribution in [3.63, 3.8) is 0 Å². The third-order valence-electron chi connectivity index (χ3n) is 3.88. The first-order valence-corrected chi connectivity index (χ1v) is 11.9. The molecule has 0 heterocycles. The first-order chi connectivity index (χ1) is 12.2. The van der Waals surface area contributed by atoms with Crippen LogP contribution in [-0.4, -0.2) is 41.0 Å². The van der Waals surface area contributed by atoms with Gasteiger partial charge < -0.3 is 5.11 Å². The van der Waals surface area contributed by atoms with Crippen LogP contribution in [0, 0.1) is 13.8 Å². The lowest BCUT2D eigenvalue weighted by Crippen LogP contribution is -2.47. The van der Waals surface area contributed by atoms with E-state index < -0.39 is 33.0 Å². The Hall–Kier alpha value is -1.06. The molecule has 0 aliphatic carbocycles. The van der Waals surface area contributed by atoms with Crippen LogP contribution in [0.4, 0.5) is 0 Å². The molecule has 2 aromatic carbocycles. The van der Waals surface area contributed by atoms with Gasteiger partial charge >= 0.3 is 0 Å². The van der Waals surface area contributed by atoms with Crippen LogP contribution in [0.15, 0.2) is 58.3 Å². The maximum atomic E-state index is 12.6. The smallest absolute Gasteiger partial charge is 0.240 e. The summed E-state index contributed by atoms with van der Waals surface area (Å²) in [5, 5.41) is 10.4. The third-order valence-corrected chi connectivity index (χ3v) is 7.50. The number of rotatable bonds is 8. The molecule has 0 aliphatic rings. The number of aryl methyl sites for hydroxylation is 2. The van der Waals surface area contributed by atoms with E-state index in [0.717, 1.165) is 11.1 Å². The van der Waals surface area contributed by atoms with Gasteiger partial charge in [0.15, 0.2) is 0 Å². The number of aliphatic hydroxyl groups excluding tert-OH is 1. The minimum absolute atomic E-state index is 0.0269. The molecule has 0 fully saturated rings. The van der Waals surface area contributed by atoms with Gasteiger partial charge in [0.1, 0.15) is 0 Å². The molecular weight excluding hydrogens is 438 g/mol. The van der Waals surface area contributed by atoms with Crippen molar-refractivity contribution in [2.75, 3.05) is 11.1 Å². The molecule has 0 aromatic heterocycles. The van der Waals surface area contributed by atoms with Crippen LogP contribution in [0.3, 0.4) is 0 Å². The van der Waals surface area contributed by atoms with Crippen LogP contribution in [0.25, 0.3) is 0 Å². The van der Waals surface area contributed by atoms with Crippen molar-refractivity contribution in [3.05, 3.63) is 59.7 Å². The summed E-state index contributed by atoms with van der Waals surface area (Å²) in [5.41, 5.74) is 1.99. The first kappa shape index (κ1) is 21.2. The zero-order valence-corrected chi connectivity index (χ0v) is 17.8. The summed E-state index contributed by atoms with van der Waals surface area (Å²) in [4.78, 5) is 0.702. The Morgan fingerprint density at radius 1 is 1.04 bits per heavy atom. The third kappa shape index (κ3) is 5.72. The first-order valence-electron chi connectivity index (χ1n) is 8.01. The Bertz CT molecular complexity index is 852. The lowest BCUT2D eigenvalue weighted by molar-refractivity contribution is 0.170. The van der Waals surface area contributed by atoms with Crippen LogP contribution in [-0.2, 0) is 20.8 Å². The van der Waals surface area contributed by atoms with E-state index >= 15 is 0 Å². The number of hydrogen-bond donors (Lipinski definition) is 2. The second-order valence-electron chi connectivity index (χ2n) is 6.09. The molecule has 0 saturated heterocycles. The highest BCUT2D eigenvalue weighted by Gasteiger charge is 2.27. The maximum absolute atomic E-state index is 12.6. The van der Waals surface area contributed by atoms with Gasteiger partial charge in [0.05, 0.1) is 27.8 Å². The van der Waals surface area contributed by atoms with Gasteiger partial charge in [-0.1, -0.05) is 51.3 Å². The van der Waals surface area contributed by atoms with E-state index in [0.29, 0.717) is 4.90 Å². The predicted molar refractivity (Wildman–Crippen MR) is 108 cm³/mol. The highest BCUT2D eigenvalue weighted by atomic mass is 79.9. The highest BCUT2D eigenvalue weighted by Crippen LogP contribution is 2.15. The van der Waals surface area contributed by atoms with Gasteiger partial charge in [-0.15, -0.1) is 0 Å². The molecule has 8 heteroatoms. The summed E-state index contributed by atoms with van der Waals surface area (Å²) >= 11 is 3.16. The molecule has 0 radical (unpaired) electrons. The summed E-state index contributed by atoms with van der Waals surface area (Å²) < 4.78 is 40.3. The highest BCUT2D eigenvalue weighted by molar-refractivity contribution is 9.09. The average Bonchev–Trinajstić information content (AvgIpc) is 2.61.